The minimum atomic E-state index is -1.24. The van der Waals surface area contributed by atoms with Crippen molar-refractivity contribution in [3.05, 3.63) is 52.0 Å². The van der Waals surface area contributed by atoms with Crippen molar-refractivity contribution in [2.45, 2.75) is 19.4 Å². The minimum Gasteiger partial charge on any atom is -0.478 e. The maximum Gasteiger partial charge on any atom is 0.346 e. The summed E-state index contributed by atoms with van der Waals surface area (Å²) >= 11 is 1.52. The summed E-state index contributed by atoms with van der Waals surface area (Å²) < 4.78 is 18.1. The van der Waals surface area contributed by atoms with E-state index in [1.54, 1.807) is 0 Å². The molecule has 1 unspecified atom stereocenters. The Balaban J connectivity index is 1.88. The first kappa shape index (κ1) is 17.0. The Morgan fingerprint density at radius 2 is 1.96 bits per heavy atom. The first-order valence-electron chi connectivity index (χ1n) is 6.91. The molecule has 1 aromatic heterocycles. The van der Waals surface area contributed by atoms with Gasteiger partial charge in [-0.1, -0.05) is 0 Å². The van der Waals surface area contributed by atoms with Crippen molar-refractivity contribution < 1.29 is 23.8 Å². The van der Waals surface area contributed by atoms with Gasteiger partial charge in [-0.05, 0) is 43.3 Å². The second kappa shape index (κ2) is 7.73. The van der Waals surface area contributed by atoms with Gasteiger partial charge in [-0.15, -0.1) is 11.3 Å². The van der Waals surface area contributed by atoms with Crippen molar-refractivity contribution in [3.63, 3.8) is 0 Å². The van der Waals surface area contributed by atoms with Gasteiger partial charge in [-0.3, -0.25) is 4.79 Å². The number of rotatable bonds is 7. The lowest BCUT2D eigenvalue weighted by Crippen LogP contribution is -2.40. The van der Waals surface area contributed by atoms with Crippen molar-refractivity contribution in [2.24, 2.45) is 0 Å². The van der Waals surface area contributed by atoms with E-state index in [2.05, 4.69) is 5.32 Å². The second-order valence-corrected chi connectivity index (χ2v) is 6.26. The molecule has 2 N–H and O–H groups in total. The molecule has 1 aromatic carbocycles. The number of carboxylic acids is 1. The van der Waals surface area contributed by atoms with Crippen LogP contribution >= 0.6 is 11.3 Å². The Kier molecular flexibility index (Phi) is 5.70. The van der Waals surface area contributed by atoms with Crippen LogP contribution in [0, 0.1) is 12.7 Å². The average Bonchev–Trinajstić information content (AvgIpc) is 2.90. The Morgan fingerprint density at radius 1 is 1.26 bits per heavy atom. The van der Waals surface area contributed by atoms with E-state index in [0.29, 0.717) is 0 Å². The molecule has 2 aromatic rings. The molecular weight excluding hydrogens is 321 g/mol. The molecule has 0 fully saturated rings. The summed E-state index contributed by atoms with van der Waals surface area (Å²) in [6.07, 6.45) is -1.05. The molecule has 0 radical (unpaired) electrons. The van der Waals surface area contributed by atoms with Gasteiger partial charge < -0.3 is 15.2 Å². The lowest BCUT2D eigenvalue weighted by molar-refractivity contribution is -0.145. The van der Waals surface area contributed by atoms with Crippen LogP contribution in [0.5, 0.6) is 5.75 Å². The number of carboxylic acid groups (broad SMARTS) is 1. The van der Waals surface area contributed by atoms with Gasteiger partial charge in [0, 0.05) is 9.75 Å². The summed E-state index contributed by atoms with van der Waals surface area (Å²) in [5, 5.41) is 11.7. The molecule has 1 heterocycles. The smallest absolute Gasteiger partial charge is 0.346 e. The predicted molar refractivity (Wildman–Crippen MR) is 84.2 cm³/mol. The fraction of sp³-hybridized carbons (Fsp3) is 0.250. The molecule has 1 amide bonds. The molecule has 0 spiro atoms. The fourth-order valence-electron chi connectivity index (χ4n) is 1.86. The standard InChI is InChI=1S/C16H16FNO4S/c1-10-2-7-13(23-10)8-15(19)18-9-14(16(20)21)22-12-5-3-11(17)4-6-12/h2-7,14H,8-9H2,1H3,(H,18,19)(H,20,21). The number of benzene rings is 1. The lowest BCUT2D eigenvalue weighted by Gasteiger charge is -2.15. The van der Waals surface area contributed by atoms with Crippen LogP contribution in [0.1, 0.15) is 9.75 Å². The van der Waals surface area contributed by atoms with E-state index in [4.69, 9.17) is 9.84 Å². The highest BCUT2D eigenvalue weighted by atomic mass is 32.1. The van der Waals surface area contributed by atoms with Crippen LogP contribution in [0.4, 0.5) is 4.39 Å². The highest BCUT2D eigenvalue weighted by molar-refractivity contribution is 7.12. The largest absolute Gasteiger partial charge is 0.478 e. The third-order valence-corrected chi connectivity index (χ3v) is 3.98. The number of ether oxygens (including phenoxy) is 1. The summed E-state index contributed by atoms with van der Waals surface area (Å²) in [4.78, 5) is 25.1. The van der Waals surface area contributed by atoms with Crippen LogP contribution in [0.3, 0.4) is 0 Å². The van der Waals surface area contributed by atoms with E-state index in [0.717, 1.165) is 9.75 Å². The van der Waals surface area contributed by atoms with Gasteiger partial charge in [0.2, 0.25) is 12.0 Å². The molecule has 0 aliphatic carbocycles. The summed E-state index contributed by atoms with van der Waals surface area (Å²) in [6, 6.07) is 8.80. The monoisotopic (exact) mass is 337 g/mol. The van der Waals surface area contributed by atoms with E-state index >= 15 is 0 Å². The molecule has 0 saturated heterocycles. The van der Waals surface area contributed by atoms with Crippen LogP contribution in [0.2, 0.25) is 0 Å². The van der Waals surface area contributed by atoms with Crippen molar-refractivity contribution in [1.29, 1.82) is 0 Å². The van der Waals surface area contributed by atoms with E-state index in [1.807, 2.05) is 19.1 Å². The van der Waals surface area contributed by atoms with Crippen LogP contribution in [-0.2, 0) is 16.0 Å². The number of halogens is 1. The molecule has 2 rings (SSSR count). The van der Waals surface area contributed by atoms with Gasteiger partial charge >= 0.3 is 5.97 Å². The van der Waals surface area contributed by atoms with Crippen molar-refractivity contribution >= 4 is 23.2 Å². The van der Waals surface area contributed by atoms with Crippen LogP contribution in [-0.4, -0.2) is 29.6 Å². The Bertz CT molecular complexity index is 684. The quantitative estimate of drug-likeness (QED) is 0.813. The Hall–Kier alpha value is -2.41. The highest BCUT2D eigenvalue weighted by Gasteiger charge is 2.20. The molecular formula is C16H16FNO4S. The summed E-state index contributed by atoms with van der Waals surface area (Å²) in [5.74, 6) is -1.70. The molecule has 0 saturated carbocycles. The number of carbonyl (C=O) groups is 2. The van der Waals surface area contributed by atoms with E-state index in [-0.39, 0.29) is 24.6 Å². The van der Waals surface area contributed by atoms with Gasteiger partial charge in [0.25, 0.3) is 0 Å². The van der Waals surface area contributed by atoms with Crippen LogP contribution < -0.4 is 10.1 Å². The molecule has 7 heteroatoms. The minimum absolute atomic E-state index is 0.171. The van der Waals surface area contributed by atoms with Crippen molar-refractivity contribution in [2.75, 3.05) is 6.54 Å². The molecule has 5 nitrogen and oxygen atoms in total. The molecule has 23 heavy (non-hydrogen) atoms. The predicted octanol–water partition coefficient (Wildman–Crippen LogP) is 2.39. The molecule has 122 valence electrons. The first-order chi connectivity index (χ1) is 10.9. The number of amides is 1. The fourth-order valence-corrected chi connectivity index (χ4v) is 2.75. The lowest BCUT2D eigenvalue weighted by atomic mass is 10.3. The van der Waals surface area contributed by atoms with Crippen molar-refractivity contribution in [3.8, 4) is 5.75 Å². The maximum absolute atomic E-state index is 12.8. The van der Waals surface area contributed by atoms with Crippen LogP contribution in [0.25, 0.3) is 0 Å². The van der Waals surface area contributed by atoms with Gasteiger partial charge in [0.15, 0.2) is 0 Å². The zero-order valence-corrected chi connectivity index (χ0v) is 13.2. The molecule has 1 atom stereocenters. The number of aryl methyl sites for hydroxylation is 1. The maximum atomic E-state index is 12.8. The number of hydrogen-bond donors (Lipinski definition) is 2. The second-order valence-electron chi connectivity index (χ2n) is 4.89. The van der Waals surface area contributed by atoms with Gasteiger partial charge in [0.1, 0.15) is 11.6 Å². The number of nitrogens with one attached hydrogen (secondary N) is 1. The van der Waals surface area contributed by atoms with Crippen molar-refractivity contribution in [1.82, 2.24) is 5.32 Å². The van der Waals surface area contributed by atoms with E-state index in [9.17, 15) is 14.0 Å². The third kappa shape index (κ3) is 5.37. The summed E-state index contributed by atoms with van der Waals surface area (Å²) in [6.45, 7) is 1.78. The zero-order valence-electron chi connectivity index (χ0n) is 12.4. The van der Waals surface area contributed by atoms with Gasteiger partial charge in [-0.2, -0.15) is 0 Å². The third-order valence-electron chi connectivity index (χ3n) is 2.98. The number of aliphatic carboxylic acids is 1. The highest BCUT2D eigenvalue weighted by Crippen LogP contribution is 2.15. The normalized spacial score (nSPS) is 11.7. The molecule has 0 aliphatic heterocycles. The number of hydrogen-bond acceptors (Lipinski definition) is 4. The van der Waals surface area contributed by atoms with E-state index in [1.165, 1.54) is 35.6 Å². The Morgan fingerprint density at radius 3 is 2.52 bits per heavy atom. The average molecular weight is 337 g/mol. The van der Waals surface area contributed by atoms with Gasteiger partial charge in [-0.25, -0.2) is 9.18 Å². The summed E-state index contributed by atoms with van der Waals surface area (Å²) in [5.41, 5.74) is 0. The van der Waals surface area contributed by atoms with E-state index < -0.39 is 17.9 Å². The molecule has 0 aliphatic rings. The van der Waals surface area contributed by atoms with Crippen LogP contribution in [0.15, 0.2) is 36.4 Å². The van der Waals surface area contributed by atoms with Gasteiger partial charge in [0.05, 0.1) is 13.0 Å². The number of thiophene rings is 1. The zero-order chi connectivity index (χ0) is 16.8. The SMILES string of the molecule is Cc1ccc(CC(=O)NCC(Oc2ccc(F)cc2)C(=O)O)s1. The summed E-state index contributed by atoms with van der Waals surface area (Å²) in [7, 11) is 0. The molecule has 0 bridgehead atoms. The Labute approximate surface area is 136 Å². The number of carbonyl (C=O) groups excluding carboxylic acids is 1. The first-order valence-corrected chi connectivity index (χ1v) is 7.73. The topological polar surface area (TPSA) is 75.6 Å².